The summed E-state index contributed by atoms with van der Waals surface area (Å²) in [5, 5.41) is 7.58. The van der Waals surface area contributed by atoms with Crippen LogP contribution in [0.5, 0.6) is 0 Å². The van der Waals surface area contributed by atoms with E-state index in [2.05, 4.69) is 37.1 Å². The SMILES string of the molecule is O=C(CC1CC1)NCC[C@H]1CN(Cc2cccnc2)Cc2ccnn21. The lowest BCUT2D eigenvalue weighted by molar-refractivity contribution is -0.121. The van der Waals surface area contributed by atoms with E-state index in [-0.39, 0.29) is 5.91 Å². The van der Waals surface area contributed by atoms with Crippen LogP contribution in [0.4, 0.5) is 0 Å². The smallest absolute Gasteiger partial charge is 0.220 e. The van der Waals surface area contributed by atoms with Gasteiger partial charge in [0.2, 0.25) is 5.91 Å². The molecule has 0 bridgehead atoms. The zero-order valence-corrected chi connectivity index (χ0v) is 14.5. The van der Waals surface area contributed by atoms with E-state index < -0.39 is 0 Å². The number of rotatable bonds is 7. The van der Waals surface area contributed by atoms with E-state index in [0.717, 1.165) is 32.6 Å². The fraction of sp³-hybridized carbons (Fsp3) is 0.526. The molecule has 6 nitrogen and oxygen atoms in total. The highest BCUT2D eigenvalue weighted by atomic mass is 16.1. The molecule has 4 rings (SSSR count). The second-order valence-corrected chi connectivity index (χ2v) is 7.24. The Kier molecular flexibility index (Phi) is 4.78. The summed E-state index contributed by atoms with van der Waals surface area (Å²) in [5.74, 6) is 0.841. The molecule has 0 aromatic carbocycles. The first-order valence-corrected chi connectivity index (χ1v) is 9.18. The van der Waals surface area contributed by atoms with Crippen molar-refractivity contribution in [2.45, 2.75) is 44.8 Å². The Morgan fingerprint density at radius 3 is 3.00 bits per heavy atom. The molecule has 132 valence electrons. The van der Waals surface area contributed by atoms with Crippen LogP contribution in [-0.2, 0) is 17.9 Å². The molecular formula is C19H25N5O. The predicted octanol–water partition coefficient (Wildman–Crippen LogP) is 2.14. The number of hydrogen-bond donors (Lipinski definition) is 1. The molecule has 3 heterocycles. The molecule has 1 aliphatic carbocycles. The first-order chi connectivity index (χ1) is 12.3. The minimum atomic E-state index is 0.200. The van der Waals surface area contributed by atoms with Crippen molar-refractivity contribution in [3.05, 3.63) is 48.0 Å². The van der Waals surface area contributed by atoms with Crippen LogP contribution in [0.15, 0.2) is 36.8 Å². The van der Waals surface area contributed by atoms with Crippen molar-refractivity contribution in [2.75, 3.05) is 13.1 Å². The number of pyridine rings is 1. The van der Waals surface area contributed by atoms with Crippen molar-refractivity contribution < 1.29 is 4.79 Å². The highest BCUT2D eigenvalue weighted by molar-refractivity contribution is 5.76. The Labute approximate surface area is 148 Å². The summed E-state index contributed by atoms with van der Waals surface area (Å²) in [6.45, 7) is 3.46. The van der Waals surface area contributed by atoms with Gasteiger partial charge < -0.3 is 5.32 Å². The number of hydrogen-bond acceptors (Lipinski definition) is 4. The predicted molar refractivity (Wildman–Crippen MR) is 94.6 cm³/mol. The van der Waals surface area contributed by atoms with Crippen LogP contribution >= 0.6 is 0 Å². The topological polar surface area (TPSA) is 63.1 Å². The number of nitrogens with zero attached hydrogens (tertiary/aromatic N) is 4. The standard InChI is InChI=1S/C19H25N5O/c25-19(10-15-3-4-15)21-8-5-17-13-23(12-16-2-1-7-20-11-16)14-18-6-9-22-24(17)18/h1-2,6-7,9,11,15,17H,3-5,8,10,12-14H2,(H,21,25)/t17-/m0/s1. The maximum Gasteiger partial charge on any atom is 0.220 e. The van der Waals surface area contributed by atoms with Gasteiger partial charge in [0.1, 0.15) is 0 Å². The Balaban J connectivity index is 1.34. The van der Waals surface area contributed by atoms with Crippen LogP contribution < -0.4 is 5.32 Å². The van der Waals surface area contributed by atoms with E-state index in [9.17, 15) is 4.79 Å². The fourth-order valence-corrected chi connectivity index (χ4v) is 3.58. The van der Waals surface area contributed by atoms with Crippen molar-refractivity contribution in [3.63, 3.8) is 0 Å². The van der Waals surface area contributed by atoms with E-state index in [1.54, 1.807) is 0 Å². The number of nitrogens with one attached hydrogen (secondary N) is 1. The highest BCUT2D eigenvalue weighted by Crippen LogP contribution is 2.32. The first-order valence-electron chi connectivity index (χ1n) is 9.18. The lowest BCUT2D eigenvalue weighted by Crippen LogP contribution is -2.39. The zero-order valence-electron chi connectivity index (χ0n) is 14.5. The fourth-order valence-electron chi connectivity index (χ4n) is 3.58. The summed E-state index contributed by atoms with van der Waals surface area (Å²) in [5.41, 5.74) is 2.47. The molecule has 1 aliphatic heterocycles. The van der Waals surface area contributed by atoms with E-state index in [4.69, 9.17) is 0 Å². The van der Waals surface area contributed by atoms with Gasteiger partial charge in [0, 0.05) is 51.2 Å². The van der Waals surface area contributed by atoms with E-state index in [0.29, 0.717) is 18.4 Å². The molecule has 1 amide bonds. The minimum absolute atomic E-state index is 0.200. The quantitative estimate of drug-likeness (QED) is 0.839. The van der Waals surface area contributed by atoms with Gasteiger partial charge in [-0.05, 0) is 42.9 Å². The molecular weight excluding hydrogens is 314 g/mol. The average molecular weight is 339 g/mol. The minimum Gasteiger partial charge on any atom is -0.356 e. The van der Waals surface area contributed by atoms with Crippen LogP contribution in [0.1, 0.15) is 43.0 Å². The van der Waals surface area contributed by atoms with Crippen LogP contribution in [0.2, 0.25) is 0 Å². The molecule has 6 heteroatoms. The van der Waals surface area contributed by atoms with Crippen LogP contribution in [-0.4, -0.2) is 38.7 Å². The van der Waals surface area contributed by atoms with Crippen LogP contribution in [0, 0.1) is 5.92 Å². The second-order valence-electron chi connectivity index (χ2n) is 7.24. The Hall–Kier alpha value is -2.21. The molecule has 0 spiro atoms. The normalized spacial score (nSPS) is 20.2. The lowest BCUT2D eigenvalue weighted by atomic mass is 10.1. The number of carbonyl (C=O) groups excluding carboxylic acids is 1. The molecule has 2 aromatic rings. The molecule has 1 atom stereocenters. The Morgan fingerprint density at radius 2 is 2.20 bits per heavy atom. The maximum absolute atomic E-state index is 11.9. The molecule has 2 aliphatic rings. The van der Waals surface area contributed by atoms with Crippen molar-refractivity contribution in [3.8, 4) is 0 Å². The third-order valence-electron chi connectivity index (χ3n) is 5.05. The molecule has 1 fully saturated rings. The van der Waals surface area contributed by atoms with Crippen LogP contribution in [0.25, 0.3) is 0 Å². The van der Waals surface area contributed by atoms with Gasteiger partial charge in [-0.2, -0.15) is 5.10 Å². The third-order valence-corrected chi connectivity index (χ3v) is 5.05. The van der Waals surface area contributed by atoms with Gasteiger partial charge in [-0.3, -0.25) is 19.4 Å². The van der Waals surface area contributed by atoms with Crippen molar-refractivity contribution in [1.29, 1.82) is 0 Å². The monoisotopic (exact) mass is 339 g/mol. The number of carbonyl (C=O) groups is 1. The molecule has 0 radical (unpaired) electrons. The van der Waals surface area contributed by atoms with Gasteiger partial charge in [-0.25, -0.2) is 0 Å². The van der Waals surface area contributed by atoms with E-state index in [1.807, 2.05) is 24.7 Å². The zero-order chi connectivity index (χ0) is 17.1. The van der Waals surface area contributed by atoms with E-state index in [1.165, 1.54) is 24.1 Å². The lowest BCUT2D eigenvalue weighted by Gasteiger charge is -2.34. The van der Waals surface area contributed by atoms with Crippen molar-refractivity contribution in [2.24, 2.45) is 5.92 Å². The van der Waals surface area contributed by atoms with E-state index >= 15 is 0 Å². The third kappa shape index (κ3) is 4.25. The molecule has 2 aromatic heterocycles. The number of amides is 1. The van der Waals surface area contributed by atoms with Gasteiger partial charge in [0.05, 0.1) is 11.7 Å². The van der Waals surface area contributed by atoms with Gasteiger partial charge in [-0.15, -0.1) is 0 Å². The first kappa shape index (κ1) is 16.3. The van der Waals surface area contributed by atoms with Crippen molar-refractivity contribution >= 4 is 5.91 Å². The Bertz CT molecular complexity index is 710. The largest absolute Gasteiger partial charge is 0.356 e. The summed E-state index contributed by atoms with van der Waals surface area (Å²) in [4.78, 5) is 18.5. The molecule has 1 N–H and O–H groups in total. The Morgan fingerprint density at radius 1 is 1.28 bits per heavy atom. The van der Waals surface area contributed by atoms with Gasteiger partial charge in [0.15, 0.2) is 0 Å². The maximum atomic E-state index is 11.9. The summed E-state index contributed by atoms with van der Waals surface area (Å²) in [7, 11) is 0. The summed E-state index contributed by atoms with van der Waals surface area (Å²) < 4.78 is 2.13. The van der Waals surface area contributed by atoms with Crippen molar-refractivity contribution in [1.82, 2.24) is 25.0 Å². The summed E-state index contributed by atoms with van der Waals surface area (Å²) in [6.07, 6.45) is 9.66. The van der Waals surface area contributed by atoms with Crippen LogP contribution in [0.3, 0.4) is 0 Å². The highest BCUT2D eigenvalue weighted by Gasteiger charge is 2.26. The van der Waals surface area contributed by atoms with Gasteiger partial charge in [0.25, 0.3) is 0 Å². The summed E-state index contributed by atoms with van der Waals surface area (Å²) >= 11 is 0. The molecule has 25 heavy (non-hydrogen) atoms. The van der Waals surface area contributed by atoms with Gasteiger partial charge >= 0.3 is 0 Å². The summed E-state index contributed by atoms with van der Waals surface area (Å²) in [6, 6.07) is 6.49. The van der Waals surface area contributed by atoms with Gasteiger partial charge in [-0.1, -0.05) is 6.07 Å². The average Bonchev–Trinajstić information content (AvgIpc) is 3.29. The molecule has 0 saturated heterocycles. The second kappa shape index (κ2) is 7.35. The molecule has 0 unspecified atom stereocenters. The number of aromatic nitrogens is 3. The number of fused-ring (bicyclic) bond motifs is 1. The molecule has 1 saturated carbocycles.